The highest BCUT2D eigenvalue weighted by Crippen LogP contribution is 2.32. The molecule has 2 aromatic rings. The number of nitrogens with zero attached hydrogens (tertiary/aromatic N) is 1. The molecular weight excluding hydrogens is 345 g/mol. The van der Waals surface area contributed by atoms with E-state index in [4.69, 9.17) is 4.74 Å². The van der Waals surface area contributed by atoms with Crippen molar-refractivity contribution in [1.82, 2.24) is 10.2 Å². The highest BCUT2D eigenvalue weighted by Gasteiger charge is 2.30. The van der Waals surface area contributed by atoms with Gasteiger partial charge in [-0.2, -0.15) is 13.2 Å². The molecule has 1 aliphatic heterocycles. The first kappa shape index (κ1) is 18.1. The summed E-state index contributed by atoms with van der Waals surface area (Å²) in [5.41, 5.74) is 1.41. The minimum Gasteiger partial charge on any atom is -0.457 e. The summed E-state index contributed by atoms with van der Waals surface area (Å²) in [6.45, 7) is 3.56. The van der Waals surface area contributed by atoms with Gasteiger partial charge in [-0.1, -0.05) is 6.07 Å². The van der Waals surface area contributed by atoms with Crippen molar-refractivity contribution in [3.63, 3.8) is 0 Å². The van der Waals surface area contributed by atoms with Crippen LogP contribution in [0, 0.1) is 0 Å². The monoisotopic (exact) mass is 364 g/mol. The number of benzene rings is 2. The Morgan fingerprint density at radius 1 is 1.12 bits per heavy atom. The molecule has 1 heterocycles. The van der Waals surface area contributed by atoms with Crippen molar-refractivity contribution in [2.75, 3.05) is 13.1 Å². The molecule has 0 radical (unpaired) electrons. The Morgan fingerprint density at radius 3 is 2.46 bits per heavy atom. The second-order valence-corrected chi connectivity index (χ2v) is 6.06. The van der Waals surface area contributed by atoms with Crippen LogP contribution in [-0.2, 0) is 19.1 Å². The van der Waals surface area contributed by atoms with Crippen molar-refractivity contribution in [1.29, 1.82) is 0 Å². The van der Waals surface area contributed by atoms with Gasteiger partial charge in [0.15, 0.2) is 0 Å². The van der Waals surface area contributed by atoms with Crippen LogP contribution in [0.1, 0.15) is 23.6 Å². The highest BCUT2D eigenvalue weighted by atomic mass is 19.4. The number of alkyl halides is 3. The van der Waals surface area contributed by atoms with Crippen LogP contribution in [0.5, 0.6) is 11.5 Å². The molecule has 0 fully saturated rings. The largest absolute Gasteiger partial charge is 0.457 e. The summed E-state index contributed by atoms with van der Waals surface area (Å²) in [5.74, 6) is 0.857. The first-order valence-electron chi connectivity index (χ1n) is 8.36. The number of hydrogen-bond acceptors (Lipinski definition) is 2. The third-order valence-corrected chi connectivity index (χ3v) is 4.22. The smallest absolute Gasteiger partial charge is 0.416 e. The lowest BCUT2D eigenvalue weighted by atomic mass is 10.00. The molecule has 2 amide bonds. The minimum atomic E-state index is -4.37. The van der Waals surface area contributed by atoms with E-state index < -0.39 is 11.7 Å². The molecule has 1 N–H and O–H groups in total. The number of ether oxygens (including phenoxy) is 1. The quantitative estimate of drug-likeness (QED) is 0.866. The van der Waals surface area contributed by atoms with Crippen LogP contribution in [0.2, 0.25) is 0 Å². The average Bonchev–Trinajstić information content (AvgIpc) is 2.61. The van der Waals surface area contributed by atoms with Crippen LogP contribution >= 0.6 is 0 Å². The molecule has 1 aliphatic rings. The Morgan fingerprint density at radius 2 is 1.81 bits per heavy atom. The molecule has 138 valence electrons. The summed E-state index contributed by atoms with van der Waals surface area (Å²) in [6, 6.07) is 10.0. The zero-order chi connectivity index (χ0) is 18.7. The lowest BCUT2D eigenvalue weighted by Crippen LogP contribution is -2.42. The summed E-state index contributed by atoms with van der Waals surface area (Å²) in [5, 5.41) is 2.78. The third-order valence-electron chi connectivity index (χ3n) is 4.22. The van der Waals surface area contributed by atoms with E-state index >= 15 is 0 Å². The van der Waals surface area contributed by atoms with Crippen molar-refractivity contribution in [2.45, 2.75) is 26.1 Å². The first-order valence-corrected chi connectivity index (χ1v) is 8.36. The fraction of sp³-hybridized carbons (Fsp3) is 0.316. The zero-order valence-corrected chi connectivity index (χ0v) is 14.3. The maximum Gasteiger partial charge on any atom is 0.416 e. The van der Waals surface area contributed by atoms with E-state index in [-0.39, 0.29) is 6.03 Å². The van der Waals surface area contributed by atoms with E-state index in [1.54, 1.807) is 11.0 Å². The van der Waals surface area contributed by atoms with Crippen molar-refractivity contribution in [3.8, 4) is 11.5 Å². The van der Waals surface area contributed by atoms with Gasteiger partial charge in [0.05, 0.1) is 5.56 Å². The van der Waals surface area contributed by atoms with Crippen molar-refractivity contribution in [3.05, 3.63) is 59.2 Å². The molecule has 0 aromatic heterocycles. The normalized spacial score (nSPS) is 13.9. The van der Waals surface area contributed by atoms with Crippen LogP contribution in [0.25, 0.3) is 0 Å². The van der Waals surface area contributed by atoms with Crippen LogP contribution in [0.3, 0.4) is 0 Å². The van der Waals surface area contributed by atoms with Crippen molar-refractivity contribution < 1.29 is 22.7 Å². The molecule has 7 heteroatoms. The second-order valence-electron chi connectivity index (χ2n) is 6.06. The first-order chi connectivity index (χ1) is 12.4. The maximum atomic E-state index is 12.6. The van der Waals surface area contributed by atoms with Gasteiger partial charge in [-0.25, -0.2) is 4.79 Å². The molecule has 0 saturated heterocycles. The molecule has 3 rings (SSSR count). The number of fused-ring (bicyclic) bond motifs is 1. The van der Waals surface area contributed by atoms with E-state index in [9.17, 15) is 18.0 Å². The SMILES string of the molecule is CCNC(=O)N1CCc2ccc(Oc3ccc(C(F)(F)F)cc3)cc2C1. The van der Waals surface area contributed by atoms with Crippen molar-refractivity contribution >= 4 is 6.03 Å². The summed E-state index contributed by atoms with van der Waals surface area (Å²) in [4.78, 5) is 13.7. The van der Waals surface area contributed by atoms with E-state index in [1.807, 2.05) is 19.1 Å². The molecule has 0 spiro atoms. The summed E-state index contributed by atoms with van der Waals surface area (Å²) in [7, 11) is 0. The summed E-state index contributed by atoms with van der Waals surface area (Å²) < 4.78 is 43.5. The van der Waals surface area contributed by atoms with Crippen molar-refractivity contribution in [2.24, 2.45) is 0 Å². The molecule has 4 nitrogen and oxygen atoms in total. The number of hydrogen-bond donors (Lipinski definition) is 1. The van der Waals surface area contributed by atoms with Gasteiger partial charge in [0.25, 0.3) is 0 Å². The van der Waals surface area contributed by atoms with Gasteiger partial charge in [0, 0.05) is 19.6 Å². The molecule has 0 saturated carbocycles. The number of urea groups is 1. The zero-order valence-electron chi connectivity index (χ0n) is 14.3. The second kappa shape index (κ2) is 7.27. The number of carbonyl (C=O) groups excluding carboxylic acids is 1. The lowest BCUT2D eigenvalue weighted by Gasteiger charge is -2.29. The lowest BCUT2D eigenvalue weighted by molar-refractivity contribution is -0.137. The maximum absolute atomic E-state index is 12.6. The molecule has 2 aromatic carbocycles. The molecule has 26 heavy (non-hydrogen) atoms. The predicted octanol–water partition coefficient (Wildman–Crippen LogP) is 4.59. The van der Waals surface area contributed by atoms with Gasteiger partial charge in [0.2, 0.25) is 0 Å². The standard InChI is InChI=1S/C19H19F3N2O2/c1-2-23-18(25)24-10-9-13-3-6-17(11-14(13)12-24)26-16-7-4-15(5-8-16)19(20,21)22/h3-8,11H,2,9-10,12H2,1H3,(H,23,25). The Bertz CT molecular complexity index is 788. The highest BCUT2D eigenvalue weighted by molar-refractivity contribution is 5.74. The number of rotatable bonds is 3. The molecular formula is C19H19F3N2O2. The van der Waals surface area contributed by atoms with E-state index in [0.717, 1.165) is 29.7 Å². The molecule has 0 unspecified atom stereocenters. The Hall–Kier alpha value is -2.70. The van der Waals surface area contributed by atoms with Gasteiger partial charge in [-0.05, 0) is 60.9 Å². The predicted molar refractivity (Wildman–Crippen MR) is 91.1 cm³/mol. The Balaban J connectivity index is 1.73. The van der Waals surface area contributed by atoms with Crippen LogP contribution in [-0.4, -0.2) is 24.0 Å². The van der Waals surface area contributed by atoms with Crippen LogP contribution in [0.15, 0.2) is 42.5 Å². The number of carbonyl (C=O) groups is 1. The van der Waals surface area contributed by atoms with E-state index in [2.05, 4.69) is 5.32 Å². The Kier molecular flexibility index (Phi) is 5.06. The van der Waals surface area contributed by atoms with Crippen LogP contribution < -0.4 is 10.1 Å². The molecule has 0 bridgehead atoms. The number of nitrogens with one attached hydrogen (secondary N) is 1. The van der Waals surface area contributed by atoms with Gasteiger partial charge >= 0.3 is 12.2 Å². The number of halogens is 3. The molecule has 0 atom stereocenters. The minimum absolute atomic E-state index is 0.104. The van der Waals surface area contributed by atoms with Gasteiger partial charge < -0.3 is 15.0 Å². The fourth-order valence-corrected chi connectivity index (χ4v) is 2.88. The summed E-state index contributed by atoms with van der Waals surface area (Å²) in [6.07, 6.45) is -3.61. The third kappa shape index (κ3) is 4.09. The average molecular weight is 364 g/mol. The number of amides is 2. The summed E-state index contributed by atoms with van der Waals surface area (Å²) >= 11 is 0. The van der Waals surface area contributed by atoms with Crippen LogP contribution in [0.4, 0.5) is 18.0 Å². The topological polar surface area (TPSA) is 41.6 Å². The fourth-order valence-electron chi connectivity index (χ4n) is 2.88. The molecule has 0 aliphatic carbocycles. The Labute approximate surface area is 149 Å². The van der Waals surface area contributed by atoms with Gasteiger partial charge in [0.1, 0.15) is 11.5 Å². The van der Waals surface area contributed by atoms with E-state index in [1.165, 1.54) is 12.1 Å². The van der Waals surface area contributed by atoms with Gasteiger partial charge in [-0.15, -0.1) is 0 Å². The van der Waals surface area contributed by atoms with Gasteiger partial charge in [-0.3, -0.25) is 0 Å². The van der Waals surface area contributed by atoms with E-state index in [0.29, 0.717) is 31.1 Å².